The number of carbonyl (C=O) groups is 2. The number of carboxylic acids is 1. The second-order valence-corrected chi connectivity index (χ2v) is 6.13. The largest absolute Gasteiger partial charge is 0.494 e. The molecular formula is C20H21NO4. The zero-order valence-electron chi connectivity index (χ0n) is 14.1. The number of ether oxygens (including phenoxy) is 1. The number of carbonyl (C=O) groups excluding carboxylic acids is 1. The fraction of sp³-hybridized carbons (Fsp3) is 0.300. The van der Waals surface area contributed by atoms with Crippen molar-refractivity contribution < 1.29 is 19.4 Å². The lowest BCUT2D eigenvalue weighted by Crippen LogP contribution is -2.29. The van der Waals surface area contributed by atoms with Crippen LogP contribution in [0.25, 0.3) is 0 Å². The van der Waals surface area contributed by atoms with Crippen molar-refractivity contribution in [3.63, 3.8) is 0 Å². The maximum atomic E-state index is 12.8. The molecule has 0 aliphatic carbocycles. The highest BCUT2D eigenvalue weighted by Gasteiger charge is 2.40. The van der Waals surface area contributed by atoms with E-state index in [2.05, 4.69) is 0 Å². The molecule has 1 aliphatic rings. The summed E-state index contributed by atoms with van der Waals surface area (Å²) < 4.78 is 5.39. The molecule has 5 heteroatoms. The van der Waals surface area contributed by atoms with Crippen molar-refractivity contribution in [1.29, 1.82) is 0 Å². The van der Waals surface area contributed by atoms with Gasteiger partial charge in [0.15, 0.2) is 0 Å². The summed E-state index contributed by atoms with van der Waals surface area (Å²) in [5.74, 6) is -1.07. The molecule has 0 saturated carbocycles. The topological polar surface area (TPSA) is 66.8 Å². The summed E-state index contributed by atoms with van der Waals surface area (Å²) in [7, 11) is 0. The van der Waals surface area contributed by atoms with E-state index >= 15 is 0 Å². The third-order valence-corrected chi connectivity index (χ3v) is 4.56. The molecule has 2 aromatic carbocycles. The molecule has 1 amide bonds. The molecule has 1 fully saturated rings. The van der Waals surface area contributed by atoms with Crippen LogP contribution in [-0.4, -0.2) is 41.6 Å². The predicted octanol–water partition coefficient (Wildman–Crippen LogP) is 3.03. The van der Waals surface area contributed by atoms with Crippen molar-refractivity contribution in [3.05, 3.63) is 65.7 Å². The van der Waals surface area contributed by atoms with Crippen LogP contribution in [0.1, 0.15) is 28.8 Å². The smallest absolute Gasteiger partial charge is 0.308 e. The summed E-state index contributed by atoms with van der Waals surface area (Å²) in [5, 5.41) is 9.56. The number of nitrogens with zero attached hydrogens (tertiary/aromatic N) is 1. The highest BCUT2D eigenvalue weighted by atomic mass is 16.5. The monoisotopic (exact) mass is 339 g/mol. The van der Waals surface area contributed by atoms with Crippen molar-refractivity contribution >= 4 is 11.9 Å². The summed E-state index contributed by atoms with van der Waals surface area (Å²) in [4.78, 5) is 26.0. The Morgan fingerprint density at radius 1 is 1.08 bits per heavy atom. The average molecular weight is 339 g/mol. The van der Waals surface area contributed by atoms with Crippen molar-refractivity contribution in [2.75, 3.05) is 19.7 Å². The third kappa shape index (κ3) is 3.65. The zero-order chi connectivity index (χ0) is 17.8. The molecule has 0 bridgehead atoms. The average Bonchev–Trinajstić information content (AvgIpc) is 3.08. The minimum absolute atomic E-state index is 0.146. The number of hydrogen-bond acceptors (Lipinski definition) is 3. The van der Waals surface area contributed by atoms with Crippen LogP contribution in [0.15, 0.2) is 54.6 Å². The van der Waals surface area contributed by atoms with E-state index in [4.69, 9.17) is 4.74 Å². The number of benzene rings is 2. The number of amides is 1. The first-order valence-corrected chi connectivity index (χ1v) is 8.40. The maximum absolute atomic E-state index is 12.8. The van der Waals surface area contributed by atoms with Crippen LogP contribution >= 0.6 is 0 Å². The standard InChI is InChI=1S/C20H21NO4/c1-2-25-16-10-8-15(9-11-16)19(22)21-12-17(18(13-21)20(23)24)14-6-4-3-5-7-14/h3-11,17-18H,2,12-13H2,1H3,(H,23,24). The number of likely N-dealkylation sites (tertiary alicyclic amines) is 1. The molecule has 2 atom stereocenters. The maximum Gasteiger partial charge on any atom is 0.308 e. The first-order valence-electron chi connectivity index (χ1n) is 8.40. The van der Waals surface area contributed by atoms with Crippen LogP contribution in [0.2, 0.25) is 0 Å². The Morgan fingerprint density at radius 2 is 1.76 bits per heavy atom. The molecular weight excluding hydrogens is 318 g/mol. The number of carboxylic acid groups (broad SMARTS) is 1. The molecule has 1 saturated heterocycles. The van der Waals surface area contributed by atoms with E-state index < -0.39 is 11.9 Å². The normalized spacial score (nSPS) is 19.6. The number of aliphatic carboxylic acids is 1. The highest BCUT2D eigenvalue weighted by molar-refractivity contribution is 5.95. The second-order valence-electron chi connectivity index (χ2n) is 6.13. The van der Waals surface area contributed by atoms with Crippen molar-refractivity contribution in [3.8, 4) is 5.75 Å². The quantitative estimate of drug-likeness (QED) is 0.909. The Hall–Kier alpha value is -2.82. The van der Waals surface area contributed by atoms with Crippen molar-refractivity contribution in [2.24, 2.45) is 5.92 Å². The molecule has 1 heterocycles. The third-order valence-electron chi connectivity index (χ3n) is 4.56. The van der Waals surface area contributed by atoms with Gasteiger partial charge < -0.3 is 14.7 Å². The summed E-state index contributed by atoms with van der Waals surface area (Å²) in [6.45, 7) is 3.10. The second kappa shape index (κ2) is 7.38. The Balaban J connectivity index is 1.78. The molecule has 1 aliphatic heterocycles. The molecule has 1 N–H and O–H groups in total. The lowest BCUT2D eigenvalue weighted by molar-refractivity contribution is -0.141. The van der Waals surface area contributed by atoms with Crippen LogP contribution in [0.5, 0.6) is 5.75 Å². The molecule has 2 unspecified atom stereocenters. The lowest BCUT2D eigenvalue weighted by atomic mass is 9.89. The van der Waals surface area contributed by atoms with Crippen LogP contribution < -0.4 is 4.74 Å². The van der Waals surface area contributed by atoms with Gasteiger partial charge in [0.2, 0.25) is 0 Å². The first-order chi connectivity index (χ1) is 12.1. The summed E-state index contributed by atoms with van der Waals surface area (Å²) >= 11 is 0. The van der Waals surface area contributed by atoms with Gasteiger partial charge in [0.05, 0.1) is 12.5 Å². The minimum Gasteiger partial charge on any atom is -0.494 e. The zero-order valence-corrected chi connectivity index (χ0v) is 14.1. The van der Waals surface area contributed by atoms with Gasteiger partial charge in [0.1, 0.15) is 5.75 Å². The van der Waals surface area contributed by atoms with Crippen LogP contribution in [0.3, 0.4) is 0 Å². The summed E-state index contributed by atoms with van der Waals surface area (Å²) in [6, 6.07) is 16.5. The molecule has 0 spiro atoms. The molecule has 2 aromatic rings. The Kier molecular flexibility index (Phi) is 5.03. The van der Waals surface area contributed by atoms with Crippen LogP contribution in [-0.2, 0) is 4.79 Å². The Bertz CT molecular complexity index is 742. The van der Waals surface area contributed by atoms with E-state index in [0.717, 1.165) is 5.56 Å². The molecule has 5 nitrogen and oxygen atoms in total. The van der Waals surface area contributed by atoms with Gasteiger partial charge in [-0.2, -0.15) is 0 Å². The van der Waals surface area contributed by atoms with Gasteiger partial charge >= 0.3 is 5.97 Å². The van der Waals surface area contributed by atoms with E-state index in [-0.39, 0.29) is 18.4 Å². The first kappa shape index (κ1) is 17.0. The predicted molar refractivity (Wildman–Crippen MR) is 93.8 cm³/mol. The van der Waals surface area contributed by atoms with Gasteiger partial charge in [-0.15, -0.1) is 0 Å². The Morgan fingerprint density at radius 3 is 2.36 bits per heavy atom. The lowest BCUT2D eigenvalue weighted by Gasteiger charge is -2.17. The summed E-state index contributed by atoms with van der Waals surface area (Å²) in [5.41, 5.74) is 1.50. The SMILES string of the molecule is CCOc1ccc(C(=O)N2CC(C(=O)O)C(c3ccccc3)C2)cc1. The van der Waals surface area contributed by atoms with Gasteiger partial charge in [0, 0.05) is 24.6 Å². The fourth-order valence-electron chi connectivity index (χ4n) is 3.30. The van der Waals surface area contributed by atoms with E-state index in [0.29, 0.717) is 24.5 Å². The van der Waals surface area contributed by atoms with Gasteiger partial charge in [0.25, 0.3) is 5.91 Å². The summed E-state index contributed by atoms with van der Waals surface area (Å²) in [6.07, 6.45) is 0. The molecule has 3 rings (SSSR count). The van der Waals surface area contributed by atoms with E-state index in [1.54, 1.807) is 29.2 Å². The van der Waals surface area contributed by atoms with Gasteiger partial charge in [-0.05, 0) is 36.8 Å². The van der Waals surface area contributed by atoms with E-state index in [1.807, 2.05) is 37.3 Å². The van der Waals surface area contributed by atoms with Gasteiger partial charge in [-0.1, -0.05) is 30.3 Å². The van der Waals surface area contributed by atoms with E-state index in [9.17, 15) is 14.7 Å². The molecule has 25 heavy (non-hydrogen) atoms. The number of rotatable bonds is 5. The van der Waals surface area contributed by atoms with Crippen LogP contribution in [0, 0.1) is 5.92 Å². The van der Waals surface area contributed by atoms with Crippen molar-refractivity contribution in [1.82, 2.24) is 4.90 Å². The van der Waals surface area contributed by atoms with Crippen molar-refractivity contribution in [2.45, 2.75) is 12.8 Å². The molecule has 0 aromatic heterocycles. The molecule has 0 radical (unpaired) electrons. The van der Waals surface area contributed by atoms with Crippen LogP contribution in [0.4, 0.5) is 0 Å². The van der Waals surface area contributed by atoms with E-state index in [1.165, 1.54) is 0 Å². The Labute approximate surface area is 146 Å². The van der Waals surface area contributed by atoms with Gasteiger partial charge in [-0.25, -0.2) is 0 Å². The highest BCUT2D eigenvalue weighted by Crippen LogP contribution is 2.33. The van der Waals surface area contributed by atoms with Gasteiger partial charge in [-0.3, -0.25) is 9.59 Å². The number of hydrogen-bond donors (Lipinski definition) is 1. The minimum atomic E-state index is -0.865. The fourth-order valence-corrected chi connectivity index (χ4v) is 3.30. The molecule has 130 valence electrons.